The van der Waals surface area contributed by atoms with Gasteiger partial charge < -0.3 is 15.3 Å². The monoisotopic (exact) mass is 485 g/mol. The molecule has 0 heterocycles. The van der Waals surface area contributed by atoms with Gasteiger partial charge in [-0.25, -0.2) is 4.79 Å². The number of hydrogen-bond acceptors (Lipinski definition) is 4. The number of benzene rings is 1. The number of rotatable bonds is 10. The molecule has 2 amide bonds. The summed E-state index contributed by atoms with van der Waals surface area (Å²) in [7, 11) is 1.60. The van der Waals surface area contributed by atoms with Crippen LogP contribution in [0.25, 0.3) is 10.4 Å². The first kappa shape index (κ1) is 29.7. The number of nitrogens with zero attached hydrogens (tertiary/aromatic N) is 4. The van der Waals surface area contributed by atoms with Gasteiger partial charge in [-0.15, -0.1) is 0 Å². The molecule has 9 nitrogen and oxygen atoms in total. The Hall–Kier alpha value is -3.32. The second-order valence-corrected chi connectivity index (χ2v) is 10.8. The number of carboxylic acid groups (broad SMARTS) is 1. The van der Waals surface area contributed by atoms with Crippen LogP contribution in [0.15, 0.2) is 47.1 Å². The number of hydrogen-bond donors (Lipinski definition) is 2. The molecule has 1 rings (SSSR count). The molecule has 0 aliphatic carbocycles. The summed E-state index contributed by atoms with van der Waals surface area (Å²) in [4.78, 5) is 42.9. The molecule has 0 spiro atoms. The van der Waals surface area contributed by atoms with E-state index in [-0.39, 0.29) is 17.4 Å². The molecule has 1 aromatic carbocycles. The highest BCUT2D eigenvalue weighted by Gasteiger charge is 2.41. The summed E-state index contributed by atoms with van der Waals surface area (Å²) < 4.78 is 0. The van der Waals surface area contributed by atoms with Crippen molar-refractivity contribution in [3.63, 3.8) is 0 Å². The maximum Gasteiger partial charge on any atom is 0.331 e. The van der Waals surface area contributed by atoms with E-state index >= 15 is 0 Å². The fraction of sp³-hybridized carbons (Fsp3) is 0.577. The minimum atomic E-state index is -1.10. The molecule has 0 saturated heterocycles. The maximum absolute atomic E-state index is 13.7. The van der Waals surface area contributed by atoms with E-state index in [0.29, 0.717) is 0 Å². The third-order valence-corrected chi connectivity index (χ3v) is 6.25. The third kappa shape index (κ3) is 7.59. The number of likely N-dealkylation sites (N-methyl/N-ethyl adjacent to an activating group) is 1. The predicted octanol–water partition coefficient (Wildman–Crippen LogP) is 4.69. The fourth-order valence-corrected chi connectivity index (χ4v) is 3.90. The van der Waals surface area contributed by atoms with Crippen molar-refractivity contribution in [1.82, 2.24) is 10.2 Å². The van der Waals surface area contributed by atoms with Crippen molar-refractivity contribution in [1.29, 1.82) is 0 Å². The lowest BCUT2D eigenvalue weighted by Crippen LogP contribution is -2.59. The fourth-order valence-electron chi connectivity index (χ4n) is 3.90. The molecule has 1 aromatic rings. The minimum Gasteiger partial charge on any atom is -0.478 e. The van der Waals surface area contributed by atoms with Gasteiger partial charge in [-0.3, -0.25) is 9.59 Å². The second-order valence-electron chi connectivity index (χ2n) is 10.8. The van der Waals surface area contributed by atoms with E-state index in [9.17, 15) is 25.0 Å². The van der Waals surface area contributed by atoms with Gasteiger partial charge in [-0.05, 0) is 29.4 Å². The summed E-state index contributed by atoms with van der Waals surface area (Å²) in [6, 6.07) is 6.73. The van der Waals surface area contributed by atoms with Crippen molar-refractivity contribution in [2.24, 2.45) is 16.4 Å². The molecule has 3 atom stereocenters. The Kier molecular flexibility index (Phi) is 10.1. The Morgan fingerprint density at radius 3 is 2.09 bits per heavy atom. The largest absolute Gasteiger partial charge is 0.478 e. The minimum absolute atomic E-state index is 0.0671. The smallest absolute Gasteiger partial charge is 0.331 e. The van der Waals surface area contributed by atoms with Crippen molar-refractivity contribution < 1.29 is 19.5 Å². The summed E-state index contributed by atoms with van der Waals surface area (Å²) in [6.07, 6.45) is 1.55. The van der Waals surface area contributed by atoms with Crippen LogP contribution < -0.4 is 5.32 Å². The van der Waals surface area contributed by atoms with Gasteiger partial charge >= 0.3 is 5.97 Å². The number of carbonyl (C=O) groups is 3. The number of amides is 2. The molecule has 192 valence electrons. The first-order valence-electron chi connectivity index (χ1n) is 11.6. The van der Waals surface area contributed by atoms with Crippen LogP contribution in [-0.2, 0) is 19.8 Å². The number of carboxylic acids is 1. The lowest BCUT2D eigenvalue weighted by molar-refractivity contribution is -0.140. The Labute approximate surface area is 208 Å². The van der Waals surface area contributed by atoms with Crippen LogP contribution in [0.4, 0.5) is 0 Å². The molecule has 2 N–H and O–H groups in total. The molecule has 0 unspecified atom stereocenters. The van der Waals surface area contributed by atoms with E-state index in [2.05, 4.69) is 15.3 Å². The van der Waals surface area contributed by atoms with Crippen molar-refractivity contribution in [3.8, 4) is 0 Å². The quantitative estimate of drug-likeness (QED) is 0.215. The van der Waals surface area contributed by atoms with Crippen molar-refractivity contribution in [2.75, 3.05) is 7.05 Å². The van der Waals surface area contributed by atoms with E-state index in [4.69, 9.17) is 0 Å². The lowest BCUT2D eigenvalue weighted by Gasteiger charge is -2.39. The first-order chi connectivity index (χ1) is 16.0. The average Bonchev–Trinajstić information content (AvgIpc) is 2.77. The van der Waals surface area contributed by atoms with Crippen LogP contribution >= 0.6 is 0 Å². The third-order valence-electron chi connectivity index (χ3n) is 6.25. The topological polar surface area (TPSA) is 135 Å². The van der Waals surface area contributed by atoms with Crippen LogP contribution in [0.5, 0.6) is 0 Å². The first-order valence-corrected chi connectivity index (χ1v) is 11.6. The van der Waals surface area contributed by atoms with Crippen molar-refractivity contribution in [3.05, 3.63) is 58.0 Å². The Bertz CT molecular complexity index is 989. The highest BCUT2D eigenvalue weighted by molar-refractivity contribution is 5.91. The molecule has 0 aliphatic rings. The molecular formula is C26H39N5O4. The molecule has 0 radical (unpaired) electrons. The number of azide groups is 1. The number of nitrogens with one attached hydrogen (secondary N) is 1. The van der Waals surface area contributed by atoms with Gasteiger partial charge in [0.15, 0.2) is 0 Å². The SMILES string of the molecule is CC(=C[C@H](C(C)C)N(C)C(=O)[C@@H](NC(=O)[C@@H](N=[N+]=[N-])C(C)(C)c1ccccc1)C(C)(C)C)C(=O)O. The molecule has 0 aromatic heterocycles. The van der Waals surface area contributed by atoms with Crippen LogP contribution in [0.2, 0.25) is 0 Å². The summed E-state index contributed by atoms with van der Waals surface area (Å²) in [5.41, 5.74) is 8.64. The van der Waals surface area contributed by atoms with Crippen molar-refractivity contribution >= 4 is 17.8 Å². The summed E-state index contributed by atoms with van der Waals surface area (Å²) in [5.74, 6) is -2.05. The Morgan fingerprint density at radius 1 is 1.11 bits per heavy atom. The van der Waals surface area contributed by atoms with Gasteiger partial charge in [0, 0.05) is 22.9 Å². The molecular weight excluding hydrogens is 446 g/mol. The van der Waals surface area contributed by atoms with Gasteiger partial charge in [-0.1, -0.05) is 90.0 Å². The lowest BCUT2D eigenvalue weighted by atomic mass is 9.77. The summed E-state index contributed by atoms with van der Waals surface area (Å²) in [6.45, 7) is 14.4. The zero-order valence-electron chi connectivity index (χ0n) is 22.2. The van der Waals surface area contributed by atoms with Crippen LogP contribution in [0, 0.1) is 11.3 Å². The zero-order valence-corrected chi connectivity index (χ0v) is 22.2. The molecule has 0 aliphatic heterocycles. The highest BCUT2D eigenvalue weighted by Crippen LogP contribution is 2.31. The van der Waals surface area contributed by atoms with Gasteiger partial charge in [-0.2, -0.15) is 0 Å². The van der Waals surface area contributed by atoms with E-state index in [1.54, 1.807) is 13.1 Å². The standard InChI is InChI=1S/C26H39N5O4/c1-16(2)19(15-17(3)24(34)35)31(9)23(33)21(25(4,5)6)28-22(32)20(29-30-27)26(7,8)18-13-11-10-12-14-18/h10-16,19-21H,1-9H3,(H,28,32)(H,34,35)/t19-,20-,21-/m1/s1. The van der Waals surface area contributed by atoms with Crippen LogP contribution in [-0.4, -0.2) is 53.0 Å². The summed E-state index contributed by atoms with van der Waals surface area (Å²) in [5, 5.41) is 15.9. The highest BCUT2D eigenvalue weighted by atomic mass is 16.4. The van der Waals surface area contributed by atoms with Gasteiger partial charge in [0.05, 0.1) is 6.04 Å². The van der Waals surface area contributed by atoms with E-state index < -0.39 is 40.8 Å². The van der Waals surface area contributed by atoms with Gasteiger partial charge in [0.1, 0.15) is 12.1 Å². The van der Waals surface area contributed by atoms with Crippen molar-refractivity contribution in [2.45, 2.75) is 78.9 Å². The number of carbonyl (C=O) groups excluding carboxylic acids is 2. The zero-order chi connectivity index (χ0) is 27.1. The Balaban J connectivity index is 3.37. The molecule has 0 saturated carbocycles. The number of aliphatic carboxylic acids is 1. The molecule has 35 heavy (non-hydrogen) atoms. The Morgan fingerprint density at radius 2 is 1.66 bits per heavy atom. The van der Waals surface area contributed by atoms with Gasteiger partial charge in [0.2, 0.25) is 11.8 Å². The van der Waals surface area contributed by atoms with E-state index in [1.165, 1.54) is 11.8 Å². The molecule has 0 fully saturated rings. The van der Waals surface area contributed by atoms with Crippen LogP contribution in [0.1, 0.15) is 61.0 Å². The predicted molar refractivity (Wildman–Crippen MR) is 137 cm³/mol. The van der Waals surface area contributed by atoms with Crippen LogP contribution in [0.3, 0.4) is 0 Å². The summed E-state index contributed by atoms with van der Waals surface area (Å²) >= 11 is 0. The second kappa shape index (κ2) is 11.9. The normalized spacial score (nSPS) is 15.0. The molecule has 9 heteroatoms. The van der Waals surface area contributed by atoms with Gasteiger partial charge in [0.25, 0.3) is 0 Å². The molecule has 0 bridgehead atoms. The van der Waals surface area contributed by atoms with E-state index in [1.807, 2.05) is 78.8 Å². The van der Waals surface area contributed by atoms with E-state index in [0.717, 1.165) is 5.56 Å². The maximum atomic E-state index is 13.7. The average molecular weight is 486 g/mol.